The standard InChI is InChI=1S/C23H23N5O3/c1-16-20(13-25-27(16)2)21-11-22(31-26-21)23(29)28(15-18-5-4-10-24-12-18)14-17-6-8-19(30-3)9-7-17/h4-13H,14-15H2,1-3H3. The lowest BCUT2D eigenvalue weighted by Crippen LogP contribution is -2.30. The van der Waals surface area contributed by atoms with Crippen LogP contribution in [0.1, 0.15) is 27.4 Å². The van der Waals surface area contributed by atoms with Crippen LogP contribution < -0.4 is 4.74 Å². The minimum absolute atomic E-state index is 0.177. The number of benzene rings is 1. The first-order valence-electron chi connectivity index (χ1n) is 9.82. The molecule has 0 aliphatic heterocycles. The number of aromatic nitrogens is 4. The fourth-order valence-corrected chi connectivity index (χ4v) is 3.27. The summed E-state index contributed by atoms with van der Waals surface area (Å²) in [5.74, 6) is 0.691. The first-order chi connectivity index (χ1) is 15.0. The van der Waals surface area contributed by atoms with Crippen molar-refractivity contribution in [2.24, 2.45) is 7.05 Å². The lowest BCUT2D eigenvalue weighted by Gasteiger charge is -2.21. The molecular weight excluding hydrogens is 394 g/mol. The van der Waals surface area contributed by atoms with Crippen molar-refractivity contribution < 1.29 is 14.1 Å². The normalized spacial score (nSPS) is 10.8. The number of ether oxygens (including phenoxy) is 1. The summed E-state index contributed by atoms with van der Waals surface area (Å²) in [5.41, 5.74) is 4.25. The molecule has 158 valence electrons. The maximum Gasteiger partial charge on any atom is 0.293 e. The third-order valence-electron chi connectivity index (χ3n) is 5.15. The summed E-state index contributed by atoms with van der Waals surface area (Å²) in [4.78, 5) is 19.2. The van der Waals surface area contributed by atoms with Crippen LogP contribution in [-0.4, -0.2) is 37.8 Å². The summed E-state index contributed by atoms with van der Waals surface area (Å²) >= 11 is 0. The van der Waals surface area contributed by atoms with Gasteiger partial charge in [0, 0.05) is 49.9 Å². The SMILES string of the molecule is COc1ccc(CN(Cc2cccnc2)C(=O)c2cc(-c3cnn(C)c3C)no2)cc1. The first-order valence-corrected chi connectivity index (χ1v) is 9.82. The average molecular weight is 417 g/mol. The van der Waals surface area contributed by atoms with Crippen LogP contribution in [0.25, 0.3) is 11.3 Å². The van der Waals surface area contributed by atoms with Gasteiger partial charge in [0.05, 0.1) is 13.3 Å². The van der Waals surface area contributed by atoms with Gasteiger partial charge >= 0.3 is 0 Å². The van der Waals surface area contributed by atoms with Crippen LogP contribution in [0.5, 0.6) is 5.75 Å². The Morgan fingerprint density at radius 3 is 2.55 bits per heavy atom. The van der Waals surface area contributed by atoms with Crippen LogP contribution in [0, 0.1) is 6.92 Å². The zero-order valence-electron chi connectivity index (χ0n) is 17.6. The molecule has 8 heteroatoms. The molecule has 8 nitrogen and oxygen atoms in total. The van der Waals surface area contributed by atoms with E-state index >= 15 is 0 Å². The molecule has 0 N–H and O–H groups in total. The molecule has 4 rings (SSSR count). The van der Waals surface area contributed by atoms with E-state index in [4.69, 9.17) is 9.26 Å². The number of carbonyl (C=O) groups is 1. The predicted molar refractivity (Wildman–Crippen MR) is 114 cm³/mol. The topological polar surface area (TPSA) is 86.3 Å². The molecule has 0 aliphatic carbocycles. The molecule has 0 unspecified atom stereocenters. The van der Waals surface area contributed by atoms with E-state index in [-0.39, 0.29) is 11.7 Å². The number of pyridine rings is 1. The molecule has 0 saturated heterocycles. The highest BCUT2D eigenvalue weighted by atomic mass is 16.5. The number of hydrogen-bond acceptors (Lipinski definition) is 6. The summed E-state index contributed by atoms with van der Waals surface area (Å²) in [5, 5.41) is 8.33. The smallest absolute Gasteiger partial charge is 0.293 e. The number of nitrogens with zero attached hydrogens (tertiary/aromatic N) is 5. The molecule has 0 radical (unpaired) electrons. The van der Waals surface area contributed by atoms with Gasteiger partial charge < -0.3 is 14.2 Å². The second kappa shape index (κ2) is 8.83. The number of aryl methyl sites for hydroxylation is 1. The Bertz CT molecular complexity index is 1170. The molecule has 0 atom stereocenters. The van der Waals surface area contributed by atoms with Crippen LogP contribution in [0.3, 0.4) is 0 Å². The number of amides is 1. The number of hydrogen-bond donors (Lipinski definition) is 0. The van der Waals surface area contributed by atoms with Gasteiger partial charge in [0.25, 0.3) is 5.91 Å². The van der Waals surface area contributed by atoms with Gasteiger partial charge in [-0.25, -0.2) is 0 Å². The van der Waals surface area contributed by atoms with Gasteiger partial charge in [-0.1, -0.05) is 23.4 Å². The lowest BCUT2D eigenvalue weighted by atomic mass is 10.1. The summed E-state index contributed by atoms with van der Waals surface area (Å²) in [6.45, 7) is 2.73. The minimum Gasteiger partial charge on any atom is -0.497 e. The van der Waals surface area contributed by atoms with Crippen LogP contribution in [0.15, 0.2) is 65.6 Å². The zero-order chi connectivity index (χ0) is 21.8. The Kier molecular flexibility index (Phi) is 5.79. The molecule has 3 aromatic heterocycles. The quantitative estimate of drug-likeness (QED) is 0.456. The minimum atomic E-state index is -0.250. The fourth-order valence-electron chi connectivity index (χ4n) is 3.27. The Morgan fingerprint density at radius 2 is 1.90 bits per heavy atom. The Balaban J connectivity index is 1.60. The number of rotatable bonds is 7. The van der Waals surface area contributed by atoms with Crippen molar-refractivity contribution in [3.63, 3.8) is 0 Å². The van der Waals surface area contributed by atoms with E-state index < -0.39 is 0 Å². The van der Waals surface area contributed by atoms with E-state index in [1.165, 1.54) is 0 Å². The molecule has 1 amide bonds. The van der Waals surface area contributed by atoms with Crippen molar-refractivity contribution >= 4 is 5.91 Å². The van der Waals surface area contributed by atoms with Gasteiger partial charge in [0.2, 0.25) is 5.76 Å². The molecule has 0 aliphatic rings. The summed E-state index contributed by atoms with van der Waals surface area (Å²) in [6.07, 6.45) is 5.17. The van der Waals surface area contributed by atoms with E-state index in [2.05, 4.69) is 15.2 Å². The molecule has 0 bridgehead atoms. The number of carbonyl (C=O) groups excluding carboxylic acids is 1. The van der Waals surface area contributed by atoms with Crippen molar-refractivity contribution in [1.82, 2.24) is 24.8 Å². The first kappa shape index (κ1) is 20.3. The van der Waals surface area contributed by atoms with Crippen molar-refractivity contribution in [3.8, 4) is 17.0 Å². The van der Waals surface area contributed by atoms with Crippen LogP contribution >= 0.6 is 0 Å². The van der Waals surface area contributed by atoms with Crippen LogP contribution in [0.2, 0.25) is 0 Å². The summed E-state index contributed by atoms with van der Waals surface area (Å²) < 4.78 is 12.4. The largest absolute Gasteiger partial charge is 0.497 e. The van der Waals surface area contributed by atoms with Crippen molar-refractivity contribution in [3.05, 3.63) is 83.6 Å². The van der Waals surface area contributed by atoms with E-state index in [9.17, 15) is 4.79 Å². The fraction of sp³-hybridized carbons (Fsp3) is 0.217. The van der Waals surface area contributed by atoms with Crippen molar-refractivity contribution in [2.45, 2.75) is 20.0 Å². The Labute approximate surface area is 180 Å². The van der Waals surface area contributed by atoms with Crippen LogP contribution in [-0.2, 0) is 20.1 Å². The van der Waals surface area contributed by atoms with Gasteiger partial charge in [-0.3, -0.25) is 14.5 Å². The van der Waals surface area contributed by atoms with Crippen LogP contribution in [0.4, 0.5) is 0 Å². The van der Waals surface area contributed by atoms with E-state index in [1.54, 1.807) is 41.3 Å². The predicted octanol–water partition coefficient (Wildman–Crippen LogP) is 3.63. The van der Waals surface area contributed by atoms with Crippen molar-refractivity contribution in [2.75, 3.05) is 7.11 Å². The second-order valence-corrected chi connectivity index (χ2v) is 7.21. The maximum absolute atomic E-state index is 13.3. The molecule has 1 aromatic carbocycles. The third-order valence-corrected chi connectivity index (χ3v) is 5.15. The van der Waals surface area contributed by atoms with E-state index in [0.717, 1.165) is 28.1 Å². The monoisotopic (exact) mass is 417 g/mol. The van der Waals surface area contributed by atoms with Crippen molar-refractivity contribution in [1.29, 1.82) is 0 Å². The van der Waals surface area contributed by atoms with Gasteiger partial charge in [0.1, 0.15) is 11.4 Å². The molecule has 31 heavy (non-hydrogen) atoms. The maximum atomic E-state index is 13.3. The molecule has 3 heterocycles. The highest BCUT2D eigenvalue weighted by Gasteiger charge is 2.23. The molecule has 0 saturated carbocycles. The second-order valence-electron chi connectivity index (χ2n) is 7.21. The molecule has 0 spiro atoms. The Morgan fingerprint density at radius 1 is 1.13 bits per heavy atom. The zero-order valence-corrected chi connectivity index (χ0v) is 17.6. The molecule has 4 aromatic rings. The highest BCUT2D eigenvalue weighted by molar-refractivity contribution is 5.92. The Hall–Kier alpha value is -3.94. The lowest BCUT2D eigenvalue weighted by molar-refractivity contribution is 0.0687. The summed E-state index contributed by atoms with van der Waals surface area (Å²) in [6, 6.07) is 13.1. The highest BCUT2D eigenvalue weighted by Crippen LogP contribution is 2.24. The average Bonchev–Trinajstić information content (AvgIpc) is 3.41. The number of methoxy groups -OCH3 is 1. The van der Waals surface area contributed by atoms with Gasteiger partial charge in [-0.2, -0.15) is 5.10 Å². The van der Waals surface area contributed by atoms with E-state index in [0.29, 0.717) is 18.8 Å². The van der Waals surface area contributed by atoms with Gasteiger partial charge in [0.15, 0.2) is 0 Å². The van der Waals surface area contributed by atoms with Gasteiger partial charge in [-0.15, -0.1) is 0 Å². The molecule has 0 fully saturated rings. The molecular formula is C23H23N5O3. The van der Waals surface area contributed by atoms with Gasteiger partial charge in [-0.05, 0) is 36.2 Å². The third kappa shape index (κ3) is 4.48. The summed E-state index contributed by atoms with van der Waals surface area (Å²) in [7, 11) is 3.48. The van der Waals surface area contributed by atoms with E-state index in [1.807, 2.05) is 50.4 Å².